The molecule has 1 aromatic heterocycles. The minimum Gasteiger partial charge on any atom is -0.355 e. The highest BCUT2D eigenvalue weighted by Gasteiger charge is 2.33. The number of benzene rings is 2. The van der Waals surface area contributed by atoms with Crippen molar-refractivity contribution in [1.29, 1.82) is 0 Å². The number of carbonyl (C=O) groups excluding carboxylic acids is 1. The number of nitrogens with zero attached hydrogens (tertiary/aromatic N) is 1. The van der Waals surface area contributed by atoms with Crippen molar-refractivity contribution in [1.82, 2.24) is 9.88 Å². The molecule has 1 aliphatic rings. The predicted molar refractivity (Wildman–Crippen MR) is 125 cm³/mol. The third-order valence-electron chi connectivity index (χ3n) is 6.30. The van der Waals surface area contributed by atoms with Gasteiger partial charge in [0.15, 0.2) is 0 Å². The highest BCUT2D eigenvalue weighted by Crippen LogP contribution is 2.43. The van der Waals surface area contributed by atoms with Gasteiger partial charge in [0.05, 0.1) is 0 Å². The van der Waals surface area contributed by atoms with Crippen LogP contribution in [0.25, 0.3) is 0 Å². The molecule has 3 aromatic rings. The summed E-state index contributed by atoms with van der Waals surface area (Å²) in [5, 5.41) is 3.47. The highest BCUT2D eigenvalue weighted by molar-refractivity contribution is 7.71. The van der Waals surface area contributed by atoms with Crippen molar-refractivity contribution in [3.05, 3.63) is 87.2 Å². The second-order valence-corrected chi connectivity index (χ2v) is 8.72. The monoisotopic (exact) mass is 453 g/mol. The molecule has 1 amide bonds. The van der Waals surface area contributed by atoms with Crippen molar-refractivity contribution in [2.75, 3.05) is 18.4 Å². The molecule has 0 saturated carbocycles. The number of pyridine rings is 1. The maximum Gasteiger partial charge on any atom is 0.209 e. The maximum absolute atomic E-state index is 13.6. The fourth-order valence-corrected chi connectivity index (χ4v) is 4.67. The molecular formula is C25H25F2N3OS. The number of aromatic amines is 1. The average Bonchev–Trinajstić information content (AvgIpc) is 2.79. The first-order valence-electron chi connectivity index (χ1n) is 10.6. The lowest BCUT2D eigenvalue weighted by atomic mass is 9.76. The number of halogens is 2. The Labute approximate surface area is 191 Å². The van der Waals surface area contributed by atoms with E-state index in [1.54, 1.807) is 11.0 Å². The number of piperidine rings is 1. The molecule has 2 N–H and O–H groups in total. The summed E-state index contributed by atoms with van der Waals surface area (Å²) in [5.74, 6) is -0.497. The fraction of sp³-hybridized carbons (Fsp3) is 0.280. The van der Waals surface area contributed by atoms with Crippen LogP contribution in [0.5, 0.6) is 0 Å². The highest BCUT2D eigenvalue weighted by atomic mass is 32.1. The molecule has 4 nitrogen and oxygen atoms in total. The van der Waals surface area contributed by atoms with Gasteiger partial charge in [-0.25, -0.2) is 8.78 Å². The molecular weight excluding hydrogens is 428 g/mol. The van der Waals surface area contributed by atoms with Crippen molar-refractivity contribution in [3.8, 4) is 0 Å². The lowest BCUT2D eigenvalue weighted by molar-refractivity contribution is -0.119. The van der Waals surface area contributed by atoms with Crippen LogP contribution >= 0.6 is 12.2 Å². The first-order chi connectivity index (χ1) is 15.4. The van der Waals surface area contributed by atoms with Crippen LogP contribution in [-0.4, -0.2) is 29.4 Å². The molecule has 2 heterocycles. The van der Waals surface area contributed by atoms with E-state index in [-0.39, 0.29) is 23.5 Å². The zero-order valence-electron chi connectivity index (χ0n) is 18.0. The molecule has 0 aliphatic carbocycles. The average molecular weight is 454 g/mol. The van der Waals surface area contributed by atoms with Crippen LogP contribution in [0.15, 0.2) is 48.7 Å². The van der Waals surface area contributed by atoms with Gasteiger partial charge < -0.3 is 15.2 Å². The maximum atomic E-state index is 13.6. The van der Waals surface area contributed by atoms with Crippen LogP contribution in [0.3, 0.4) is 0 Å². The van der Waals surface area contributed by atoms with Gasteiger partial charge in [-0.1, -0.05) is 24.4 Å². The van der Waals surface area contributed by atoms with E-state index in [9.17, 15) is 13.6 Å². The van der Waals surface area contributed by atoms with E-state index in [1.165, 1.54) is 24.3 Å². The Hall–Kier alpha value is -3.06. The summed E-state index contributed by atoms with van der Waals surface area (Å²) < 4.78 is 27.8. The van der Waals surface area contributed by atoms with Gasteiger partial charge in [-0.2, -0.15) is 0 Å². The summed E-state index contributed by atoms with van der Waals surface area (Å²) >= 11 is 5.49. The Bertz CT molecular complexity index is 1190. The second-order valence-electron chi connectivity index (χ2n) is 8.31. The molecule has 0 spiro atoms. The zero-order chi connectivity index (χ0) is 22.8. The standard InChI is InChI=1S/C25H25F2N3OS/c1-15-11-19(27)7-8-23(15)29-24-16(2)25(32)28-12-21(24)22-13-30(14-31)10-9-20(22)17-3-5-18(26)6-4-17/h3-8,11-12,14,20,22H,9-10,13H2,1-2H3,(H2,28,29,32). The lowest BCUT2D eigenvalue weighted by Crippen LogP contribution is -2.37. The topological polar surface area (TPSA) is 48.1 Å². The summed E-state index contributed by atoms with van der Waals surface area (Å²) in [6, 6.07) is 11.2. The van der Waals surface area contributed by atoms with E-state index in [0.29, 0.717) is 17.7 Å². The smallest absolute Gasteiger partial charge is 0.209 e. The number of hydrogen-bond donors (Lipinski definition) is 2. The molecule has 1 fully saturated rings. The van der Waals surface area contributed by atoms with Gasteiger partial charge in [0, 0.05) is 42.1 Å². The number of amides is 1. The number of aromatic nitrogens is 1. The third kappa shape index (κ3) is 4.43. The summed E-state index contributed by atoms with van der Waals surface area (Å²) in [4.78, 5) is 16.5. The number of rotatable bonds is 5. The zero-order valence-corrected chi connectivity index (χ0v) is 18.8. The summed E-state index contributed by atoms with van der Waals surface area (Å²) in [6.45, 7) is 4.97. The van der Waals surface area contributed by atoms with E-state index >= 15 is 0 Å². The van der Waals surface area contributed by atoms with Crippen molar-refractivity contribution in [3.63, 3.8) is 0 Å². The van der Waals surface area contributed by atoms with Crippen LogP contribution in [0.4, 0.5) is 20.2 Å². The molecule has 0 radical (unpaired) electrons. The van der Waals surface area contributed by atoms with Crippen molar-refractivity contribution in [2.24, 2.45) is 0 Å². The molecule has 166 valence electrons. The minimum atomic E-state index is -0.291. The van der Waals surface area contributed by atoms with Crippen molar-refractivity contribution < 1.29 is 13.6 Å². The van der Waals surface area contributed by atoms with E-state index in [1.807, 2.05) is 32.2 Å². The fourth-order valence-electron chi connectivity index (χ4n) is 4.51. The van der Waals surface area contributed by atoms with Crippen molar-refractivity contribution in [2.45, 2.75) is 32.1 Å². The van der Waals surface area contributed by atoms with Gasteiger partial charge in [-0.05, 0) is 73.2 Å². The summed E-state index contributed by atoms with van der Waals surface area (Å²) in [6.07, 6.45) is 3.54. The van der Waals surface area contributed by atoms with Gasteiger partial charge in [-0.15, -0.1) is 0 Å². The lowest BCUT2D eigenvalue weighted by Gasteiger charge is -2.38. The Morgan fingerprint density at radius 2 is 1.81 bits per heavy atom. The third-order valence-corrected chi connectivity index (χ3v) is 6.73. The van der Waals surface area contributed by atoms with Gasteiger partial charge in [0.2, 0.25) is 6.41 Å². The molecule has 2 atom stereocenters. The molecule has 7 heteroatoms. The number of carbonyl (C=O) groups is 1. The molecule has 1 saturated heterocycles. The van der Waals surface area contributed by atoms with E-state index in [0.717, 1.165) is 46.5 Å². The summed E-state index contributed by atoms with van der Waals surface area (Å²) in [7, 11) is 0. The molecule has 2 unspecified atom stereocenters. The number of H-pyrrole nitrogens is 1. The number of likely N-dealkylation sites (tertiary alicyclic amines) is 1. The van der Waals surface area contributed by atoms with Crippen LogP contribution in [-0.2, 0) is 4.79 Å². The molecule has 4 rings (SSSR count). The van der Waals surface area contributed by atoms with Crippen LogP contribution in [0.1, 0.15) is 40.5 Å². The van der Waals surface area contributed by atoms with Crippen LogP contribution < -0.4 is 5.32 Å². The Morgan fingerprint density at radius 3 is 2.50 bits per heavy atom. The molecule has 32 heavy (non-hydrogen) atoms. The minimum absolute atomic E-state index is 0.0341. The van der Waals surface area contributed by atoms with Gasteiger partial charge in [-0.3, -0.25) is 4.79 Å². The Kier molecular flexibility index (Phi) is 6.37. The van der Waals surface area contributed by atoms with Gasteiger partial charge in [0.25, 0.3) is 0 Å². The second kappa shape index (κ2) is 9.20. The SMILES string of the molecule is Cc1cc(F)ccc1Nc1c(C2CN(C=O)CCC2c2ccc(F)cc2)c[nH]c(=S)c1C. The first kappa shape index (κ1) is 22.1. The number of anilines is 2. The van der Waals surface area contributed by atoms with Crippen molar-refractivity contribution >= 4 is 30.0 Å². The van der Waals surface area contributed by atoms with E-state index in [4.69, 9.17) is 12.2 Å². The van der Waals surface area contributed by atoms with E-state index < -0.39 is 0 Å². The Balaban J connectivity index is 1.81. The predicted octanol–water partition coefficient (Wildman–Crippen LogP) is 6.11. The first-order valence-corrected chi connectivity index (χ1v) is 11.0. The largest absolute Gasteiger partial charge is 0.355 e. The van der Waals surface area contributed by atoms with Gasteiger partial charge in [0.1, 0.15) is 16.3 Å². The van der Waals surface area contributed by atoms with E-state index in [2.05, 4.69) is 10.3 Å². The molecule has 0 bridgehead atoms. The molecule has 1 aliphatic heterocycles. The quantitative estimate of drug-likeness (QED) is 0.362. The number of nitrogens with one attached hydrogen (secondary N) is 2. The van der Waals surface area contributed by atoms with Crippen LogP contribution in [0.2, 0.25) is 0 Å². The van der Waals surface area contributed by atoms with Crippen LogP contribution in [0, 0.1) is 30.1 Å². The Morgan fingerprint density at radius 1 is 1.09 bits per heavy atom. The normalized spacial score (nSPS) is 18.4. The number of aryl methyl sites for hydroxylation is 1. The number of hydrogen-bond acceptors (Lipinski definition) is 3. The molecule has 2 aromatic carbocycles. The summed E-state index contributed by atoms with van der Waals surface area (Å²) in [5.41, 5.74) is 5.32. The van der Waals surface area contributed by atoms with Gasteiger partial charge >= 0.3 is 0 Å².